The van der Waals surface area contributed by atoms with Crippen molar-refractivity contribution in [3.8, 4) is 5.75 Å². The van der Waals surface area contributed by atoms with Gasteiger partial charge in [0, 0.05) is 26.6 Å². The summed E-state index contributed by atoms with van der Waals surface area (Å²) in [4.78, 5) is 39.4. The molecule has 7 heteroatoms. The van der Waals surface area contributed by atoms with Gasteiger partial charge in [-0.3, -0.25) is 14.4 Å². The van der Waals surface area contributed by atoms with Crippen LogP contribution in [0, 0.1) is 0 Å². The van der Waals surface area contributed by atoms with Crippen molar-refractivity contribution < 1.29 is 23.9 Å². The van der Waals surface area contributed by atoms with Crippen molar-refractivity contribution in [2.45, 2.75) is 39.2 Å². The number of amides is 2. The molecule has 0 N–H and O–H groups in total. The molecule has 1 heterocycles. The third-order valence-electron chi connectivity index (χ3n) is 4.27. The summed E-state index contributed by atoms with van der Waals surface area (Å²) in [6, 6.07) is 7.33. The van der Waals surface area contributed by atoms with Gasteiger partial charge >= 0.3 is 5.97 Å². The van der Waals surface area contributed by atoms with E-state index in [1.54, 1.807) is 18.9 Å². The molecular weight excluding hydrogens is 336 g/mol. The summed E-state index contributed by atoms with van der Waals surface area (Å²) >= 11 is 0. The van der Waals surface area contributed by atoms with Crippen molar-refractivity contribution in [1.82, 2.24) is 4.90 Å². The summed E-state index contributed by atoms with van der Waals surface area (Å²) in [5.74, 6) is 0.0737. The maximum absolute atomic E-state index is 12.6. The molecule has 1 unspecified atom stereocenters. The van der Waals surface area contributed by atoms with E-state index in [4.69, 9.17) is 9.47 Å². The van der Waals surface area contributed by atoms with Gasteiger partial charge in [-0.2, -0.15) is 0 Å². The Labute approximate surface area is 153 Å². The largest absolute Gasteiger partial charge is 0.478 e. The Kier molecular flexibility index (Phi) is 7.00. The lowest BCUT2D eigenvalue weighted by Gasteiger charge is -2.34. The van der Waals surface area contributed by atoms with Crippen LogP contribution < -0.4 is 9.64 Å². The quantitative estimate of drug-likeness (QED) is 0.661. The fourth-order valence-corrected chi connectivity index (χ4v) is 2.78. The van der Waals surface area contributed by atoms with Crippen LogP contribution >= 0.6 is 0 Å². The van der Waals surface area contributed by atoms with Crippen LogP contribution in [0.2, 0.25) is 0 Å². The molecule has 0 saturated heterocycles. The fourth-order valence-electron chi connectivity index (χ4n) is 2.78. The monoisotopic (exact) mass is 362 g/mol. The summed E-state index contributed by atoms with van der Waals surface area (Å²) in [6.45, 7) is 4.53. The summed E-state index contributed by atoms with van der Waals surface area (Å²) in [6.07, 6.45) is 0.377. The standard InChI is InChI=1S/C19H26N2O5/c1-4-15-19(24)21(14-8-6-7-9-16(14)26-15)13-10-17(22)20(3)12-11-18(23)25-5-2/h6-9,15H,4-5,10-13H2,1-3H3. The number of hydrogen-bond acceptors (Lipinski definition) is 5. The minimum Gasteiger partial charge on any atom is -0.478 e. The predicted octanol–water partition coefficient (Wildman–Crippen LogP) is 1.99. The van der Waals surface area contributed by atoms with E-state index in [1.165, 1.54) is 4.90 Å². The van der Waals surface area contributed by atoms with Crippen LogP contribution in [-0.2, 0) is 19.1 Å². The topological polar surface area (TPSA) is 76.2 Å². The second-order valence-corrected chi connectivity index (χ2v) is 6.09. The number of anilines is 1. The van der Waals surface area contributed by atoms with Gasteiger partial charge < -0.3 is 19.3 Å². The summed E-state index contributed by atoms with van der Waals surface area (Å²) in [7, 11) is 1.64. The van der Waals surface area contributed by atoms with Crippen molar-refractivity contribution in [2.24, 2.45) is 0 Å². The lowest BCUT2D eigenvalue weighted by Crippen LogP contribution is -2.47. The zero-order chi connectivity index (χ0) is 19.1. The molecule has 1 aliphatic rings. The van der Waals surface area contributed by atoms with Gasteiger partial charge in [0.2, 0.25) is 5.91 Å². The van der Waals surface area contributed by atoms with Crippen molar-refractivity contribution in [1.29, 1.82) is 0 Å². The minimum atomic E-state index is -0.526. The first kappa shape index (κ1) is 19.8. The Balaban J connectivity index is 1.96. The van der Waals surface area contributed by atoms with Gasteiger partial charge in [-0.15, -0.1) is 0 Å². The molecule has 0 aromatic heterocycles. The van der Waals surface area contributed by atoms with Crippen LogP contribution in [0.25, 0.3) is 0 Å². The highest BCUT2D eigenvalue weighted by atomic mass is 16.5. The molecule has 1 aromatic rings. The highest BCUT2D eigenvalue weighted by Crippen LogP contribution is 2.34. The van der Waals surface area contributed by atoms with Crippen LogP contribution in [0.15, 0.2) is 24.3 Å². The molecule has 0 aliphatic carbocycles. The molecule has 0 spiro atoms. The van der Waals surface area contributed by atoms with Gasteiger partial charge in [0.25, 0.3) is 5.91 Å². The zero-order valence-corrected chi connectivity index (χ0v) is 15.6. The molecule has 0 radical (unpaired) electrons. The molecule has 0 bridgehead atoms. The normalized spacial score (nSPS) is 15.9. The summed E-state index contributed by atoms with van der Waals surface area (Å²) in [5, 5.41) is 0. The lowest BCUT2D eigenvalue weighted by molar-refractivity contribution is -0.143. The first-order valence-corrected chi connectivity index (χ1v) is 8.94. The van der Waals surface area contributed by atoms with Crippen molar-refractivity contribution >= 4 is 23.5 Å². The van der Waals surface area contributed by atoms with Crippen LogP contribution in [0.4, 0.5) is 5.69 Å². The van der Waals surface area contributed by atoms with E-state index >= 15 is 0 Å². The van der Waals surface area contributed by atoms with E-state index < -0.39 is 6.10 Å². The van der Waals surface area contributed by atoms with E-state index in [9.17, 15) is 14.4 Å². The molecule has 1 aromatic carbocycles. The Bertz CT molecular complexity index is 661. The molecule has 1 aliphatic heterocycles. The van der Waals surface area contributed by atoms with E-state index in [1.807, 2.05) is 31.2 Å². The number of ether oxygens (including phenoxy) is 2. The number of fused-ring (bicyclic) bond motifs is 1. The molecular formula is C19H26N2O5. The number of benzene rings is 1. The molecule has 142 valence electrons. The first-order valence-electron chi connectivity index (χ1n) is 8.94. The van der Waals surface area contributed by atoms with E-state index in [2.05, 4.69) is 0 Å². The minimum absolute atomic E-state index is 0.126. The van der Waals surface area contributed by atoms with Crippen molar-refractivity contribution in [3.05, 3.63) is 24.3 Å². The smallest absolute Gasteiger partial charge is 0.307 e. The molecule has 7 nitrogen and oxygen atoms in total. The third kappa shape index (κ3) is 4.74. The van der Waals surface area contributed by atoms with Crippen LogP contribution in [-0.4, -0.2) is 55.5 Å². The van der Waals surface area contributed by atoms with E-state index in [-0.39, 0.29) is 37.2 Å². The van der Waals surface area contributed by atoms with Crippen LogP contribution in [0.5, 0.6) is 5.75 Å². The molecule has 26 heavy (non-hydrogen) atoms. The second-order valence-electron chi connectivity index (χ2n) is 6.09. The van der Waals surface area contributed by atoms with Crippen LogP contribution in [0.3, 0.4) is 0 Å². The Hall–Kier alpha value is -2.57. The Morgan fingerprint density at radius 1 is 1.23 bits per heavy atom. The van der Waals surface area contributed by atoms with E-state index in [0.717, 1.165) is 0 Å². The second kappa shape index (κ2) is 9.22. The highest BCUT2D eigenvalue weighted by molar-refractivity contribution is 6.00. The van der Waals surface area contributed by atoms with Crippen LogP contribution in [0.1, 0.15) is 33.1 Å². The molecule has 2 amide bonds. The highest BCUT2D eigenvalue weighted by Gasteiger charge is 2.33. The fraction of sp³-hybridized carbons (Fsp3) is 0.526. The van der Waals surface area contributed by atoms with Gasteiger partial charge in [-0.05, 0) is 25.5 Å². The maximum Gasteiger partial charge on any atom is 0.307 e. The number of hydrogen-bond donors (Lipinski definition) is 0. The van der Waals surface area contributed by atoms with E-state index in [0.29, 0.717) is 31.0 Å². The number of esters is 1. The lowest BCUT2D eigenvalue weighted by atomic mass is 10.1. The summed E-state index contributed by atoms with van der Waals surface area (Å²) < 4.78 is 10.6. The number of carbonyl (C=O) groups is 3. The Morgan fingerprint density at radius 2 is 1.96 bits per heavy atom. The van der Waals surface area contributed by atoms with Gasteiger partial charge in [-0.25, -0.2) is 0 Å². The molecule has 0 fully saturated rings. The molecule has 1 atom stereocenters. The average molecular weight is 362 g/mol. The van der Waals surface area contributed by atoms with Gasteiger partial charge in [-0.1, -0.05) is 19.1 Å². The number of rotatable bonds is 8. The zero-order valence-electron chi connectivity index (χ0n) is 15.6. The van der Waals surface area contributed by atoms with Gasteiger partial charge in [0.15, 0.2) is 6.10 Å². The van der Waals surface area contributed by atoms with Crippen molar-refractivity contribution in [2.75, 3.05) is 31.6 Å². The number of carbonyl (C=O) groups excluding carboxylic acids is 3. The predicted molar refractivity (Wildman–Crippen MR) is 97.0 cm³/mol. The molecule has 0 saturated carbocycles. The number of nitrogens with zero attached hydrogens (tertiary/aromatic N) is 2. The van der Waals surface area contributed by atoms with Gasteiger partial charge in [0.1, 0.15) is 5.75 Å². The third-order valence-corrected chi connectivity index (χ3v) is 4.27. The maximum atomic E-state index is 12.6. The summed E-state index contributed by atoms with van der Waals surface area (Å²) in [5.41, 5.74) is 0.684. The number of para-hydroxylation sites is 2. The van der Waals surface area contributed by atoms with Crippen molar-refractivity contribution in [3.63, 3.8) is 0 Å². The molecule has 2 rings (SSSR count). The van der Waals surface area contributed by atoms with Gasteiger partial charge in [0.05, 0.1) is 18.7 Å². The first-order chi connectivity index (χ1) is 12.5. The SMILES string of the molecule is CCOC(=O)CCN(C)C(=O)CCN1C(=O)C(CC)Oc2ccccc21. The average Bonchev–Trinajstić information content (AvgIpc) is 2.64. The Morgan fingerprint density at radius 3 is 2.65 bits per heavy atom.